The van der Waals surface area contributed by atoms with Crippen LogP contribution in [0.4, 0.5) is 5.69 Å². The quantitative estimate of drug-likeness (QED) is 0.510. The van der Waals surface area contributed by atoms with Gasteiger partial charge in [0.15, 0.2) is 6.61 Å². The summed E-state index contributed by atoms with van der Waals surface area (Å²) in [4.78, 5) is 12.1. The van der Waals surface area contributed by atoms with Crippen molar-refractivity contribution in [2.24, 2.45) is 0 Å². The van der Waals surface area contributed by atoms with Crippen molar-refractivity contribution in [3.8, 4) is 11.5 Å². The van der Waals surface area contributed by atoms with E-state index in [-0.39, 0.29) is 12.5 Å². The van der Waals surface area contributed by atoms with Crippen LogP contribution in [0, 0.1) is 0 Å². The van der Waals surface area contributed by atoms with Gasteiger partial charge in [-0.15, -0.1) is 0 Å². The summed E-state index contributed by atoms with van der Waals surface area (Å²) in [7, 11) is 0. The molecule has 0 saturated carbocycles. The monoisotopic (exact) mass is 369 g/mol. The third-order valence-electron chi connectivity index (χ3n) is 4.32. The van der Waals surface area contributed by atoms with Crippen LogP contribution in [0.1, 0.15) is 57.9 Å². The van der Waals surface area contributed by atoms with Gasteiger partial charge in [0.2, 0.25) is 0 Å². The highest BCUT2D eigenvalue weighted by molar-refractivity contribution is 5.91. The lowest BCUT2D eigenvalue weighted by atomic mass is 10.0. The molecule has 0 saturated heterocycles. The molecule has 0 radical (unpaired) electrons. The second kappa shape index (κ2) is 11.3. The zero-order chi connectivity index (χ0) is 19.5. The number of carbonyl (C=O) groups is 1. The summed E-state index contributed by atoms with van der Waals surface area (Å²) in [5, 5.41) is 2.83. The number of benzene rings is 2. The highest BCUT2D eigenvalue weighted by Gasteiger charge is 2.05. The lowest BCUT2D eigenvalue weighted by Gasteiger charge is -2.10. The van der Waals surface area contributed by atoms with E-state index in [0.29, 0.717) is 11.7 Å². The second-order valence-corrected chi connectivity index (χ2v) is 6.99. The Bertz CT molecular complexity index is 678. The molecule has 0 fully saturated rings. The largest absolute Gasteiger partial charge is 0.494 e. The van der Waals surface area contributed by atoms with E-state index in [2.05, 4.69) is 26.1 Å². The topological polar surface area (TPSA) is 47.6 Å². The molecule has 27 heavy (non-hydrogen) atoms. The molecule has 4 heteroatoms. The Morgan fingerprint density at radius 1 is 0.889 bits per heavy atom. The van der Waals surface area contributed by atoms with Gasteiger partial charge in [-0.25, -0.2) is 0 Å². The molecular formula is C23H31NO3. The van der Waals surface area contributed by atoms with Crippen LogP contribution < -0.4 is 14.8 Å². The summed E-state index contributed by atoms with van der Waals surface area (Å²) >= 11 is 0. The standard InChI is InChI=1S/C23H31NO3/c1-4-5-6-7-16-26-21-14-10-20(11-15-21)24-23(25)17-27-22-12-8-19(9-13-22)18(2)3/h8-15,18H,4-7,16-17H2,1-3H3,(H,24,25). The van der Waals surface area contributed by atoms with Crippen LogP contribution in [0.3, 0.4) is 0 Å². The molecule has 4 nitrogen and oxygen atoms in total. The van der Waals surface area contributed by atoms with Crippen molar-refractivity contribution in [1.82, 2.24) is 0 Å². The molecule has 0 aliphatic carbocycles. The number of hydrogen-bond donors (Lipinski definition) is 1. The summed E-state index contributed by atoms with van der Waals surface area (Å²) in [5.74, 6) is 1.81. The number of rotatable bonds is 11. The molecule has 2 rings (SSSR count). The van der Waals surface area contributed by atoms with Crippen molar-refractivity contribution < 1.29 is 14.3 Å². The molecule has 1 N–H and O–H groups in total. The number of unbranched alkanes of at least 4 members (excludes halogenated alkanes) is 3. The van der Waals surface area contributed by atoms with E-state index < -0.39 is 0 Å². The molecule has 0 atom stereocenters. The van der Waals surface area contributed by atoms with Crippen LogP contribution in [-0.2, 0) is 4.79 Å². The van der Waals surface area contributed by atoms with Gasteiger partial charge in [0.1, 0.15) is 11.5 Å². The van der Waals surface area contributed by atoms with Gasteiger partial charge < -0.3 is 14.8 Å². The number of nitrogens with one attached hydrogen (secondary N) is 1. The van der Waals surface area contributed by atoms with Crippen molar-refractivity contribution >= 4 is 11.6 Å². The van der Waals surface area contributed by atoms with Crippen LogP contribution in [0.5, 0.6) is 11.5 Å². The van der Waals surface area contributed by atoms with Gasteiger partial charge in [0.05, 0.1) is 6.61 Å². The fourth-order valence-corrected chi connectivity index (χ4v) is 2.65. The molecular weight excluding hydrogens is 338 g/mol. The van der Waals surface area contributed by atoms with Crippen molar-refractivity contribution in [1.29, 1.82) is 0 Å². The molecule has 0 bridgehead atoms. The average Bonchev–Trinajstić information content (AvgIpc) is 2.68. The van der Waals surface area contributed by atoms with E-state index in [1.165, 1.54) is 24.8 Å². The first-order valence-corrected chi connectivity index (χ1v) is 9.84. The highest BCUT2D eigenvalue weighted by atomic mass is 16.5. The molecule has 0 aromatic heterocycles. The number of amides is 1. The van der Waals surface area contributed by atoms with Gasteiger partial charge in [0.25, 0.3) is 5.91 Å². The molecule has 0 aliphatic rings. The van der Waals surface area contributed by atoms with Crippen LogP contribution in [0.2, 0.25) is 0 Å². The third kappa shape index (κ3) is 7.73. The zero-order valence-corrected chi connectivity index (χ0v) is 16.7. The normalized spacial score (nSPS) is 10.7. The Balaban J connectivity index is 1.72. The summed E-state index contributed by atoms with van der Waals surface area (Å²) in [5.41, 5.74) is 1.98. The Kier molecular flexibility index (Phi) is 8.69. The molecule has 0 aliphatic heterocycles. The van der Waals surface area contributed by atoms with Gasteiger partial charge >= 0.3 is 0 Å². The zero-order valence-electron chi connectivity index (χ0n) is 16.7. The molecule has 0 spiro atoms. The van der Waals surface area contributed by atoms with Gasteiger partial charge in [0, 0.05) is 5.69 Å². The summed E-state index contributed by atoms with van der Waals surface area (Å²) in [6.07, 6.45) is 4.74. The van der Waals surface area contributed by atoms with E-state index in [1.807, 2.05) is 48.5 Å². The van der Waals surface area contributed by atoms with E-state index in [4.69, 9.17) is 9.47 Å². The SMILES string of the molecule is CCCCCCOc1ccc(NC(=O)COc2ccc(C(C)C)cc2)cc1. The van der Waals surface area contributed by atoms with Crippen LogP contribution in [0.15, 0.2) is 48.5 Å². The number of ether oxygens (including phenoxy) is 2. The summed E-state index contributed by atoms with van der Waals surface area (Å²) in [6, 6.07) is 15.3. The van der Waals surface area contributed by atoms with Crippen LogP contribution in [0.25, 0.3) is 0 Å². The molecule has 2 aromatic carbocycles. The number of anilines is 1. The van der Waals surface area contributed by atoms with Gasteiger partial charge in [-0.1, -0.05) is 52.2 Å². The first-order chi connectivity index (χ1) is 13.1. The van der Waals surface area contributed by atoms with Crippen molar-refractivity contribution in [3.05, 3.63) is 54.1 Å². The fourth-order valence-electron chi connectivity index (χ4n) is 2.65. The predicted molar refractivity (Wildman–Crippen MR) is 111 cm³/mol. The molecule has 2 aromatic rings. The van der Waals surface area contributed by atoms with Crippen LogP contribution in [-0.4, -0.2) is 19.1 Å². The molecule has 146 valence electrons. The van der Waals surface area contributed by atoms with Crippen molar-refractivity contribution in [2.45, 2.75) is 52.4 Å². The molecule has 1 amide bonds. The minimum absolute atomic E-state index is 0.0172. The summed E-state index contributed by atoms with van der Waals surface area (Å²) < 4.78 is 11.3. The lowest BCUT2D eigenvalue weighted by molar-refractivity contribution is -0.118. The number of hydrogen-bond acceptors (Lipinski definition) is 3. The van der Waals surface area contributed by atoms with E-state index in [9.17, 15) is 4.79 Å². The maximum absolute atomic E-state index is 12.1. The highest BCUT2D eigenvalue weighted by Crippen LogP contribution is 2.19. The molecule has 0 unspecified atom stereocenters. The smallest absolute Gasteiger partial charge is 0.262 e. The first kappa shape index (κ1) is 20.8. The average molecular weight is 370 g/mol. The Hall–Kier alpha value is -2.49. The summed E-state index contributed by atoms with van der Waals surface area (Å²) in [6.45, 7) is 7.20. The van der Waals surface area contributed by atoms with Crippen molar-refractivity contribution in [2.75, 3.05) is 18.5 Å². The Morgan fingerprint density at radius 2 is 1.52 bits per heavy atom. The van der Waals surface area contributed by atoms with E-state index in [1.54, 1.807) is 0 Å². The fraction of sp³-hybridized carbons (Fsp3) is 0.435. The van der Waals surface area contributed by atoms with Crippen LogP contribution >= 0.6 is 0 Å². The second-order valence-electron chi connectivity index (χ2n) is 6.99. The lowest BCUT2D eigenvalue weighted by Crippen LogP contribution is -2.20. The van der Waals surface area contributed by atoms with Gasteiger partial charge in [-0.2, -0.15) is 0 Å². The van der Waals surface area contributed by atoms with E-state index >= 15 is 0 Å². The Morgan fingerprint density at radius 3 is 2.15 bits per heavy atom. The number of carbonyl (C=O) groups excluding carboxylic acids is 1. The molecule has 0 heterocycles. The minimum Gasteiger partial charge on any atom is -0.494 e. The van der Waals surface area contributed by atoms with Gasteiger partial charge in [-0.3, -0.25) is 4.79 Å². The minimum atomic E-state index is -0.184. The third-order valence-corrected chi connectivity index (χ3v) is 4.32. The predicted octanol–water partition coefficient (Wildman–Crippen LogP) is 5.79. The Labute approximate surface area is 162 Å². The first-order valence-electron chi connectivity index (χ1n) is 9.84. The maximum Gasteiger partial charge on any atom is 0.262 e. The van der Waals surface area contributed by atoms with Gasteiger partial charge in [-0.05, 0) is 54.3 Å². The van der Waals surface area contributed by atoms with E-state index in [0.717, 1.165) is 24.5 Å². The maximum atomic E-state index is 12.1. The van der Waals surface area contributed by atoms with Crippen molar-refractivity contribution in [3.63, 3.8) is 0 Å².